The van der Waals surface area contributed by atoms with Gasteiger partial charge in [-0.05, 0) is 25.9 Å². The van der Waals surface area contributed by atoms with Gasteiger partial charge in [-0.2, -0.15) is 4.37 Å². The molecular formula is C16H25F2N5OS. The summed E-state index contributed by atoms with van der Waals surface area (Å²) in [7, 11) is 0. The minimum Gasteiger partial charge on any atom is -0.343 e. The molecule has 3 rings (SSSR count). The van der Waals surface area contributed by atoms with Crippen LogP contribution in [0.3, 0.4) is 0 Å². The molecule has 0 aromatic carbocycles. The number of carbonyl (C=O) groups is 1. The van der Waals surface area contributed by atoms with Gasteiger partial charge in [0.15, 0.2) is 0 Å². The van der Waals surface area contributed by atoms with Crippen molar-refractivity contribution in [2.24, 2.45) is 5.92 Å². The van der Waals surface area contributed by atoms with Gasteiger partial charge in [0.05, 0.1) is 6.54 Å². The number of piperidine rings is 1. The molecule has 2 fully saturated rings. The third kappa shape index (κ3) is 4.63. The van der Waals surface area contributed by atoms with Crippen molar-refractivity contribution in [3.05, 3.63) is 5.82 Å². The van der Waals surface area contributed by atoms with E-state index in [2.05, 4.69) is 14.3 Å². The van der Waals surface area contributed by atoms with E-state index >= 15 is 0 Å². The van der Waals surface area contributed by atoms with Crippen molar-refractivity contribution in [1.82, 2.24) is 19.2 Å². The van der Waals surface area contributed by atoms with Crippen LogP contribution in [0.1, 0.15) is 25.6 Å². The van der Waals surface area contributed by atoms with E-state index in [1.165, 1.54) is 11.5 Å². The number of aryl methyl sites for hydroxylation is 1. The summed E-state index contributed by atoms with van der Waals surface area (Å²) in [6.45, 7) is 5.96. The second-order valence-electron chi connectivity index (χ2n) is 6.63. The number of aromatic nitrogens is 2. The first-order valence-electron chi connectivity index (χ1n) is 8.93. The minimum absolute atomic E-state index is 0.0197. The van der Waals surface area contributed by atoms with Crippen LogP contribution in [-0.4, -0.2) is 77.3 Å². The van der Waals surface area contributed by atoms with E-state index in [-0.39, 0.29) is 18.4 Å². The van der Waals surface area contributed by atoms with Crippen molar-refractivity contribution in [3.63, 3.8) is 0 Å². The Bertz CT molecular complexity index is 569. The highest BCUT2D eigenvalue weighted by molar-refractivity contribution is 7.09. The molecule has 0 spiro atoms. The molecule has 25 heavy (non-hydrogen) atoms. The first-order valence-corrected chi connectivity index (χ1v) is 9.71. The zero-order valence-electron chi connectivity index (χ0n) is 14.5. The van der Waals surface area contributed by atoms with Crippen molar-refractivity contribution in [2.75, 3.05) is 50.7 Å². The lowest BCUT2D eigenvalue weighted by molar-refractivity contribution is -0.137. The number of hydrogen-bond donors (Lipinski definition) is 0. The Labute approximate surface area is 151 Å². The Morgan fingerprint density at radius 3 is 2.44 bits per heavy atom. The lowest BCUT2D eigenvalue weighted by atomic mass is 9.95. The van der Waals surface area contributed by atoms with Crippen LogP contribution in [0.5, 0.6) is 0 Å². The Morgan fingerprint density at radius 2 is 1.88 bits per heavy atom. The lowest BCUT2D eigenvalue weighted by Gasteiger charge is -2.38. The van der Waals surface area contributed by atoms with Gasteiger partial charge < -0.3 is 9.80 Å². The molecule has 0 N–H and O–H groups in total. The topological polar surface area (TPSA) is 52.6 Å². The SMILES string of the molecule is CCc1nsc(N2CCN(C(=O)C3CCN(CC(F)F)CC3)CC2)n1. The predicted octanol–water partition coefficient (Wildman–Crippen LogP) is 1.73. The molecule has 2 aliphatic rings. The summed E-state index contributed by atoms with van der Waals surface area (Å²) in [4.78, 5) is 23.1. The quantitative estimate of drug-likeness (QED) is 0.787. The van der Waals surface area contributed by atoms with Crippen molar-refractivity contribution >= 4 is 22.6 Å². The highest BCUT2D eigenvalue weighted by Crippen LogP contribution is 2.23. The number of carbonyl (C=O) groups excluding carboxylic acids is 1. The minimum atomic E-state index is -2.30. The Kier molecular flexibility index (Phi) is 6.16. The maximum atomic E-state index is 12.7. The van der Waals surface area contributed by atoms with E-state index in [1.54, 1.807) is 4.90 Å². The molecule has 0 radical (unpaired) electrons. The third-order valence-corrected chi connectivity index (χ3v) is 5.78. The molecule has 1 amide bonds. The third-order valence-electron chi connectivity index (χ3n) is 4.97. The molecule has 2 aliphatic heterocycles. The molecule has 0 bridgehead atoms. The molecule has 140 valence electrons. The number of likely N-dealkylation sites (tertiary alicyclic amines) is 1. The molecule has 6 nitrogen and oxygen atoms in total. The Hall–Kier alpha value is -1.35. The van der Waals surface area contributed by atoms with Crippen LogP contribution in [0.4, 0.5) is 13.9 Å². The van der Waals surface area contributed by atoms with Crippen LogP contribution in [0.15, 0.2) is 0 Å². The summed E-state index contributed by atoms with van der Waals surface area (Å²) < 4.78 is 29.2. The monoisotopic (exact) mass is 373 g/mol. The number of nitrogens with zero attached hydrogens (tertiary/aromatic N) is 5. The zero-order chi connectivity index (χ0) is 17.8. The van der Waals surface area contributed by atoms with Gasteiger partial charge in [0, 0.05) is 50.1 Å². The van der Waals surface area contributed by atoms with Crippen LogP contribution in [0.25, 0.3) is 0 Å². The maximum absolute atomic E-state index is 12.7. The smallest absolute Gasteiger partial charge is 0.251 e. The molecule has 0 unspecified atom stereocenters. The molecular weight excluding hydrogens is 348 g/mol. The Balaban J connectivity index is 1.45. The van der Waals surface area contributed by atoms with E-state index in [1.807, 2.05) is 11.8 Å². The van der Waals surface area contributed by atoms with Gasteiger partial charge in [0.25, 0.3) is 6.43 Å². The highest BCUT2D eigenvalue weighted by Gasteiger charge is 2.31. The van der Waals surface area contributed by atoms with Crippen LogP contribution < -0.4 is 4.90 Å². The molecule has 0 saturated carbocycles. The number of anilines is 1. The molecule has 0 atom stereocenters. The van der Waals surface area contributed by atoms with E-state index in [9.17, 15) is 13.6 Å². The van der Waals surface area contributed by atoms with Gasteiger partial charge in [-0.15, -0.1) is 0 Å². The number of halogens is 2. The van der Waals surface area contributed by atoms with Crippen LogP contribution in [-0.2, 0) is 11.2 Å². The van der Waals surface area contributed by atoms with Gasteiger partial charge in [-0.25, -0.2) is 13.8 Å². The summed E-state index contributed by atoms with van der Waals surface area (Å²) in [5, 5.41) is 0.934. The number of hydrogen-bond acceptors (Lipinski definition) is 6. The normalized spacial score (nSPS) is 20.5. The van der Waals surface area contributed by atoms with E-state index in [4.69, 9.17) is 0 Å². The zero-order valence-corrected chi connectivity index (χ0v) is 15.4. The van der Waals surface area contributed by atoms with Gasteiger partial charge in [-0.1, -0.05) is 6.92 Å². The van der Waals surface area contributed by atoms with Gasteiger partial charge in [0.2, 0.25) is 11.0 Å². The molecule has 1 aromatic rings. The van der Waals surface area contributed by atoms with Crippen LogP contribution >= 0.6 is 11.5 Å². The molecule has 0 aliphatic carbocycles. The summed E-state index contributed by atoms with van der Waals surface area (Å²) in [5.74, 6) is 1.03. The van der Waals surface area contributed by atoms with E-state index < -0.39 is 6.43 Å². The fraction of sp³-hybridized carbons (Fsp3) is 0.812. The average Bonchev–Trinajstić information content (AvgIpc) is 3.11. The van der Waals surface area contributed by atoms with Crippen LogP contribution in [0, 0.1) is 5.92 Å². The molecule has 3 heterocycles. The second kappa shape index (κ2) is 8.35. The van der Waals surface area contributed by atoms with E-state index in [0.29, 0.717) is 39.0 Å². The van der Waals surface area contributed by atoms with Crippen molar-refractivity contribution < 1.29 is 13.6 Å². The van der Waals surface area contributed by atoms with Crippen molar-refractivity contribution in [3.8, 4) is 0 Å². The van der Waals surface area contributed by atoms with Crippen LogP contribution in [0.2, 0.25) is 0 Å². The largest absolute Gasteiger partial charge is 0.343 e. The standard InChI is InChI=1S/C16H25F2N5OS/c1-2-14-19-16(25-20-14)23-9-7-22(8-10-23)15(24)12-3-5-21(6-4-12)11-13(17)18/h12-13H,2-11H2,1H3. The molecule has 2 saturated heterocycles. The summed E-state index contributed by atoms with van der Waals surface area (Å²) >= 11 is 1.42. The second-order valence-corrected chi connectivity index (χ2v) is 7.36. The molecule has 1 aromatic heterocycles. The first-order chi connectivity index (χ1) is 12.1. The first kappa shape index (κ1) is 18.4. The van der Waals surface area contributed by atoms with Gasteiger partial charge in [-0.3, -0.25) is 9.69 Å². The van der Waals surface area contributed by atoms with Crippen molar-refractivity contribution in [2.45, 2.75) is 32.6 Å². The number of amides is 1. The van der Waals surface area contributed by atoms with Gasteiger partial charge in [0.1, 0.15) is 5.82 Å². The van der Waals surface area contributed by atoms with Gasteiger partial charge >= 0.3 is 0 Å². The highest BCUT2D eigenvalue weighted by atomic mass is 32.1. The predicted molar refractivity (Wildman–Crippen MR) is 93.2 cm³/mol. The van der Waals surface area contributed by atoms with E-state index in [0.717, 1.165) is 30.5 Å². The number of rotatable bonds is 5. The fourth-order valence-electron chi connectivity index (χ4n) is 3.45. The lowest BCUT2D eigenvalue weighted by Crippen LogP contribution is -2.51. The van der Waals surface area contributed by atoms with Crippen molar-refractivity contribution in [1.29, 1.82) is 0 Å². The summed E-state index contributed by atoms with van der Waals surface area (Å²) in [6.07, 6.45) is -0.0996. The Morgan fingerprint density at radius 1 is 1.20 bits per heavy atom. The number of piperazine rings is 1. The molecule has 9 heteroatoms. The summed E-state index contributed by atoms with van der Waals surface area (Å²) in [6, 6.07) is 0. The summed E-state index contributed by atoms with van der Waals surface area (Å²) in [5.41, 5.74) is 0. The average molecular weight is 373 g/mol. The number of alkyl halides is 2. The maximum Gasteiger partial charge on any atom is 0.251 e. The fourth-order valence-corrected chi connectivity index (χ4v) is 4.25.